The van der Waals surface area contributed by atoms with E-state index in [0.29, 0.717) is 16.6 Å². The molecule has 1 aromatic heterocycles. The number of fused-ring (bicyclic) bond motifs is 1. The van der Waals surface area contributed by atoms with Crippen LogP contribution in [0.15, 0.2) is 42.5 Å². The van der Waals surface area contributed by atoms with Crippen LogP contribution < -0.4 is 10.6 Å². The molecule has 3 aromatic rings. The molecule has 5 rings (SSSR count). The molecule has 9 nitrogen and oxygen atoms in total. The zero-order valence-corrected chi connectivity index (χ0v) is 22.3. The second-order valence-electron chi connectivity index (χ2n) is 10.0. The van der Waals surface area contributed by atoms with Crippen molar-refractivity contribution in [2.75, 3.05) is 11.9 Å². The fraction of sp³-hybridized carbons (Fsp3) is 0.357. The summed E-state index contributed by atoms with van der Waals surface area (Å²) in [5, 5.41) is 5.73. The van der Waals surface area contributed by atoms with Crippen molar-refractivity contribution in [2.45, 2.75) is 57.6 Å². The van der Waals surface area contributed by atoms with Crippen LogP contribution in [0, 0.1) is 5.82 Å². The molecular weight excluding hydrogens is 546 g/mol. The first kappa shape index (κ1) is 27.6. The topological polar surface area (TPSA) is 110 Å². The smallest absolute Gasteiger partial charge is 0.411 e. The summed E-state index contributed by atoms with van der Waals surface area (Å²) in [6.45, 7) is 0.588. The van der Waals surface area contributed by atoms with Gasteiger partial charge in [0.15, 0.2) is 5.78 Å². The average Bonchev–Trinajstić information content (AvgIpc) is 3.51. The van der Waals surface area contributed by atoms with Crippen LogP contribution in [0.4, 0.5) is 19.3 Å². The van der Waals surface area contributed by atoms with Crippen LogP contribution >= 0.6 is 11.6 Å². The fourth-order valence-corrected chi connectivity index (χ4v) is 5.01. The summed E-state index contributed by atoms with van der Waals surface area (Å²) >= 11 is 5.79. The third-order valence-electron chi connectivity index (χ3n) is 6.96. The summed E-state index contributed by atoms with van der Waals surface area (Å²) in [6.07, 6.45) is -0.560. The first-order valence-electron chi connectivity index (χ1n) is 12.9. The van der Waals surface area contributed by atoms with Gasteiger partial charge >= 0.3 is 6.09 Å². The first-order chi connectivity index (χ1) is 19.1. The van der Waals surface area contributed by atoms with Gasteiger partial charge in [-0.15, -0.1) is 0 Å². The van der Waals surface area contributed by atoms with Gasteiger partial charge in [-0.3, -0.25) is 19.7 Å². The van der Waals surface area contributed by atoms with Crippen LogP contribution in [0.1, 0.15) is 42.2 Å². The number of alkyl halides is 1. The Labute approximate surface area is 233 Å². The number of carbonyl (C=O) groups is 4. The molecule has 0 unspecified atom stereocenters. The van der Waals surface area contributed by atoms with Gasteiger partial charge in [0.25, 0.3) is 0 Å². The molecule has 1 aliphatic carbocycles. The quantitative estimate of drug-likeness (QED) is 0.383. The van der Waals surface area contributed by atoms with Crippen LogP contribution in [-0.2, 0) is 27.4 Å². The van der Waals surface area contributed by atoms with E-state index in [1.807, 2.05) is 0 Å². The van der Waals surface area contributed by atoms with Crippen LogP contribution in [0.25, 0.3) is 10.9 Å². The Morgan fingerprint density at radius 1 is 1.12 bits per heavy atom. The minimum absolute atomic E-state index is 0.0569. The van der Waals surface area contributed by atoms with Crippen LogP contribution in [-0.4, -0.2) is 58.0 Å². The molecule has 2 heterocycles. The molecule has 12 heteroatoms. The van der Waals surface area contributed by atoms with Crippen molar-refractivity contribution in [3.63, 3.8) is 0 Å². The lowest BCUT2D eigenvalue weighted by Gasteiger charge is -2.24. The predicted molar refractivity (Wildman–Crippen MR) is 143 cm³/mol. The molecule has 0 bridgehead atoms. The minimum atomic E-state index is -1.42. The molecule has 210 valence electrons. The number of rotatable bonds is 8. The van der Waals surface area contributed by atoms with Crippen LogP contribution in [0.2, 0.25) is 5.02 Å². The normalized spacial score (nSPS) is 18.6. The summed E-state index contributed by atoms with van der Waals surface area (Å²) in [6, 6.07) is 9.85. The van der Waals surface area contributed by atoms with E-state index in [1.165, 1.54) is 23.6 Å². The van der Waals surface area contributed by atoms with E-state index in [4.69, 9.17) is 16.3 Å². The standard InChI is InChI=1S/C28H27ClF2N4O5/c1-15(36)23-10-17-9-19(33-28(39)40-20-6-7-20)5-8-22(17)34(23)14-25(37)35-13-18(30)11-24(35)27(38)32-12-16-3-2-4-21(29)26(16)31/h2-5,8-10,18,20,24H,6-7,11-14H2,1H3,(H,32,38)(H,33,39)/t18-,24+/m1/s1. The highest BCUT2D eigenvalue weighted by Crippen LogP contribution is 2.28. The maximum Gasteiger partial charge on any atom is 0.411 e. The molecule has 1 aliphatic heterocycles. The second kappa shape index (κ2) is 11.2. The lowest BCUT2D eigenvalue weighted by molar-refractivity contribution is -0.139. The molecule has 2 aromatic carbocycles. The Bertz CT molecular complexity index is 1510. The monoisotopic (exact) mass is 572 g/mol. The maximum atomic E-state index is 14.4. The van der Waals surface area contributed by atoms with E-state index in [1.54, 1.807) is 30.3 Å². The first-order valence-corrected chi connectivity index (χ1v) is 13.2. The molecule has 1 saturated heterocycles. The number of ketones is 1. The fourth-order valence-electron chi connectivity index (χ4n) is 4.82. The van der Waals surface area contributed by atoms with E-state index >= 15 is 0 Å². The van der Waals surface area contributed by atoms with Gasteiger partial charge in [-0.2, -0.15) is 0 Å². The van der Waals surface area contributed by atoms with Gasteiger partial charge in [-0.1, -0.05) is 23.7 Å². The summed E-state index contributed by atoms with van der Waals surface area (Å²) in [4.78, 5) is 51.9. The van der Waals surface area contributed by atoms with Gasteiger partial charge in [-0.25, -0.2) is 13.6 Å². The Kier molecular flexibility index (Phi) is 7.75. The number of Topliss-reactive ketones (excluding diaryl/α,β-unsaturated/α-hetero) is 1. The number of nitrogens with zero attached hydrogens (tertiary/aromatic N) is 2. The highest BCUT2D eigenvalue weighted by atomic mass is 35.5. The van der Waals surface area contributed by atoms with Crippen molar-refractivity contribution in [3.05, 3.63) is 64.6 Å². The maximum absolute atomic E-state index is 14.4. The van der Waals surface area contributed by atoms with Crippen molar-refractivity contribution < 1.29 is 32.7 Å². The molecular formula is C28H27ClF2N4O5. The number of likely N-dealkylation sites (tertiary alicyclic amines) is 1. The van der Waals surface area contributed by atoms with Gasteiger partial charge in [0.1, 0.15) is 30.7 Å². The molecule has 40 heavy (non-hydrogen) atoms. The number of aromatic nitrogens is 1. The lowest BCUT2D eigenvalue weighted by Crippen LogP contribution is -2.47. The van der Waals surface area contributed by atoms with E-state index in [-0.39, 0.29) is 54.2 Å². The van der Waals surface area contributed by atoms with Gasteiger partial charge < -0.3 is 19.5 Å². The number of halogens is 3. The predicted octanol–water partition coefficient (Wildman–Crippen LogP) is 4.60. The lowest BCUT2D eigenvalue weighted by atomic mass is 10.1. The van der Waals surface area contributed by atoms with Crippen LogP contribution in [0.5, 0.6) is 0 Å². The number of amides is 3. The van der Waals surface area contributed by atoms with E-state index in [2.05, 4.69) is 10.6 Å². The van der Waals surface area contributed by atoms with Gasteiger partial charge in [0.2, 0.25) is 11.8 Å². The zero-order chi connectivity index (χ0) is 28.6. The third kappa shape index (κ3) is 5.94. The van der Waals surface area contributed by atoms with Gasteiger partial charge in [-0.05, 0) is 43.2 Å². The minimum Gasteiger partial charge on any atom is -0.446 e. The zero-order valence-electron chi connectivity index (χ0n) is 21.6. The van der Waals surface area contributed by atoms with Gasteiger partial charge in [0.05, 0.1) is 17.3 Å². The number of ether oxygens (including phenoxy) is 1. The number of anilines is 1. The SMILES string of the molecule is CC(=O)c1cc2cc(NC(=O)OC3CC3)ccc2n1CC(=O)N1C[C@H](F)C[C@H]1C(=O)NCc1cccc(Cl)c1F. The Morgan fingerprint density at radius 2 is 1.90 bits per heavy atom. The average molecular weight is 573 g/mol. The number of nitrogens with one attached hydrogen (secondary N) is 2. The van der Waals surface area contributed by atoms with Crippen molar-refractivity contribution >= 4 is 51.9 Å². The van der Waals surface area contributed by atoms with Gasteiger partial charge in [0, 0.05) is 42.0 Å². The largest absolute Gasteiger partial charge is 0.446 e. The van der Waals surface area contributed by atoms with Crippen LogP contribution in [0.3, 0.4) is 0 Å². The summed E-state index contributed by atoms with van der Waals surface area (Å²) in [5.74, 6) is -2.13. The second-order valence-corrected chi connectivity index (χ2v) is 10.4. The van der Waals surface area contributed by atoms with E-state index < -0.39 is 35.9 Å². The highest BCUT2D eigenvalue weighted by Gasteiger charge is 2.40. The summed E-state index contributed by atoms with van der Waals surface area (Å²) in [5.41, 5.74) is 1.42. The molecule has 2 N–H and O–H groups in total. The Balaban J connectivity index is 1.32. The third-order valence-corrected chi connectivity index (χ3v) is 7.25. The Morgan fingerprint density at radius 3 is 2.62 bits per heavy atom. The van der Waals surface area contributed by atoms with Crippen molar-refractivity contribution in [2.24, 2.45) is 0 Å². The van der Waals surface area contributed by atoms with E-state index in [0.717, 1.165) is 17.7 Å². The number of benzene rings is 2. The molecule has 2 atom stereocenters. The molecule has 2 fully saturated rings. The molecule has 1 saturated carbocycles. The van der Waals surface area contributed by atoms with E-state index in [9.17, 15) is 28.0 Å². The number of hydrogen-bond donors (Lipinski definition) is 2. The highest BCUT2D eigenvalue weighted by molar-refractivity contribution is 6.30. The van der Waals surface area contributed by atoms with Crippen molar-refractivity contribution in [1.82, 2.24) is 14.8 Å². The number of hydrogen-bond acceptors (Lipinski definition) is 5. The number of carbonyl (C=O) groups excluding carboxylic acids is 4. The molecule has 3 amide bonds. The molecule has 0 radical (unpaired) electrons. The summed E-state index contributed by atoms with van der Waals surface area (Å²) in [7, 11) is 0. The Hall–Kier alpha value is -3.99. The summed E-state index contributed by atoms with van der Waals surface area (Å²) < 4.78 is 35.4. The molecule has 0 spiro atoms. The van der Waals surface area contributed by atoms with Crippen molar-refractivity contribution in [1.29, 1.82) is 0 Å². The molecule has 2 aliphatic rings. The van der Waals surface area contributed by atoms with Crippen molar-refractivity contribution in [3.8, 4) is 0 Å².